The second-order valence-electron chi connectivity index (χ2n) is 7.48. The normalized spacial score (nSPS) is 15.4. The monoisotopic (exact) mass is 426 g/mol. The van der Waals surface area contributed by atoms with E-state index >= 15 is 0 Å². The van der Waals surface area contributed by atoms with Crippen LogP contribution in [0.1, 0.15) is 17.5 Å². The Morgan fingerprint density at radius 1 is 0.933 bits per heavy atom. The average molecular weight is 426 g/mol. The standard InChI is InChI=1S/C22H26F4N2O2/c1-27-8-10-28(11-9-27)7-3-4-15-5-6-19(29-2)16(12-15)14-30-22-20(25)17(23)13-18(24)21(22)26/h5-6,12-13H,3-4,7-11,14H2,1-2H3. The van der Waals surface area contributed by atoms with E-state index in [0.29, 0.717) is 11.3 Å². The van der Waals surface area contributed by atoms with Gasteiger partial charge in [0.05, 0.1) is 7.11 Å². The molecule has 30 heavy (non-hydrogen) atoms. The molecule has 3 rings (SSSR count). The molecule has 8 heteroatoms. The van der Waals surface area contributed by atoms with E-state index in [4.69, 9.17) is 9.47 Å². The van der Waals surface area contributed by atoms with Crippen molar-refractivity contribution in [1.29, 1.82) is 0 Å². The summed E-state index contributed by atoms with van der Waals surface area (Å²) in [5.74, 6) is -6.74. The summed E-state index contributed by atoms with van der Waals surface area (Å²) in [6, 6.07) is 5.66. The Bertz CT molecular complexity index is 844. The third-order valence-electron chi connectivity index (χ3n) is 5.32. The van der Waals surface area contributed by atoms with E-state index in [0.717, 1.165) is 51.1 Å². The number of ether oxygens (including phenoxy) is 2. The van der Waals surface area contributed by atoms with Crippen LogP contribution in [0.15, 0.2) is 24.3 Å². The average Bonchev–Trinajstić information content (AvgIpc) is 2.74. The Morgan fingerprint density at radius 2 is 1.60 bits per heavy atom. The first-order valence-corrected chi connectivity index (χ1v) is 9.91. The lowest BCUT2D eigenvalue weighted by molar-refractivity contribution is 0.153. The Hall–Kier alpha value is -2.32. The van der Waals surface area contributed by atoms with Gasteiger partial charge in [0.15, 0.2) is 17.4 Å². The molecule has 0 bridgehead atoms. The predicted molar refractivity (Wildman–Crippen MR) is 106 cm³/mol. The lowest BCUT2D eigenvalue weighted by Gasteiger charge is -2.32. The Morgan fingerprint density at radius 3 is 2.23 bits per heavy atom. The summed E-state index contributed by atoms with van der Waals surface area (Å²) in [6.07, 6.45) is 1.79. The van der Waals surface area contributed by atoms with Gasteiger partial charge in [-0.3, -0.25) is 0 Å². The van der Waals surface area contributed by atoms with Crippen LogP contribution in [-0.2, 0) is 13.0 Å². The van der Waals surface area contributed by atoms with Gasteiger partial charge in [0.2, 0.25) is 11.6 Å². The zero-order valence-electron chi connectivity index (χ0n) is 17.2. The van der Waals surface area contributed by atoms with Gasteiger partial charge in [0, 0.05) is 37.8 Å². The summed E-state index contributed by atoms with van der Waals surface area (Å²) in [5.41, 5.74) is 1.56. The van der Waals surface area contributed by atoms with E-state index in [1.807, 2.05) is 12.1 Å². The van der Waals surface area contributed by atoms with Gasteiger partial charge in [0.25, 0.3) is 0 Å². The molecule has 0 aliphatic carbocycles. The van der Waals surface area contributed by atoms with Gasteiger partial charge >= 0.3 is 0 Å². The zero-order chi connectivity index (χ0) is 21.7. The van der Waals surface area contributed by atoms with Crippen LogP contribution in [0.5, 0.6) is 11.5 Å². The van der Waals surface area contributed by atoms with Gasteiger partial charge in [-0.05, 0) is 44.1 Å². The lowest BCUT2D eigenvalue weighted by atomic mass is 10.1. The van der Waals surface area contributed by atoms with Crippen LogP contribution in [0.2, 0.25) is 0 Å². The van der Waals surface area contributed by atoms with E-state index < -0.39 is 29.0 Å². The molecule has 0 saturated carbocycles. The van der Waals surface area contributed by atoms with E-state index in [2.05, 4.69) is 16.8 Å². The van der Waals surface area contributed by atoms with E-state index in [-0.39, 0.29) is 12.7 Å². The molecule has 2 aromatic carbocycles. The summed E-state index contributed by atoms with van der Waals surface area (Å²) >= 11 is 0. The first-order valence-electron chi connectivity index (χ1n) is 9.91. The Labute approximate surface area is 174 Å². The fourth-order valence-electron chi connectivity index (χ4n) is 3.51. The molecule has 0 spiro atoms. The third kappa shape index (κ3) is 5.43. The number of rotatable bonds is 8. The van der Waals surface area contributed by atoms with Crippen LogP contribution < -0.4 is 9.47 Å². The Kier molecular flexibility index (Phi) is 7.55. The van der Waals surface area contributed by atoms with Crippen molar-refractivity contribution in [2.45, 2.75) is 19.4 Å². The number of benzene rings is 2. The number of hydrogen-bond donors (Lipinski definition) is 0. The number of halogens is 4. The van der Waals surface area contributed by atoms with Crippen molar-refractivity contribution in [3.05, 3.63) is 58.7 Å². The molecule has 2 aromatic rings. The maximum atomic E-state index is 13.8. The van der Waals surface area contributed by atoms with Crippen molar-refractivity contribution >= 4 is 0 Å². The van der Waals surface area contributed by atoms with E-state index in [9.17, 15) is 17.6 Å². The minimum atomic E-state index is -1.56. The van der Waals surface area contributed by atoms with Crippen molar-refractivity contribution < 1.29 is 27.0 Å². The topological polar surface area (TPSA) is 24.9 Å². The zero-order valence-corrected chi connectivity index (χ0v) is 17.2. The number of hydrogen-bond acceptors (Lipinski definition) is 4. The maximum Gasteiger partial charge on any atom is 0.203 e. The van der Waals surface area contributed by atoms with Crippen LogP contribution in [-0.4, -0.2) is 56.7 Å². The van der Waals surface area contributed by atoms with Crippen molar-refractivity contribution in [3.8, 4) is 11.5 Å². The number of aryl methyl sites for hydroxylation is 1. The molecule has 0 unspecified atom stereocenters. The SMILES string of the molecule is COc1ccc(CCCN2CCN(C)CC2)cc1COc1c(F)c(F)cc(F)c1F. The molecular formula is C22H26F4N2O2. The van der Waals surface area contributed by atoms with E-state index in [1.165, 1.54) is 7.11 Å². The molecule has 0 amide bonds. The molecule has 0 atom stereocenters. The number of piperazine rings is 1. The molecule has 1 aliphatic heterocycles. The van der Waals surface area contributed by atoms with Crippen molar-refractivity contribution in [2.24, 2.45) is 0 Å². The minimum Gasteiger partial charge on any atom is -0.496 e. The molecule has 1 fully saturated rings. The highest BCUT2D eigenvalue weighted by Gasteiger charge is 2.21. The molecule has 1 heterocycles. The fraction of sp³-hybridized carbons (Fsp3) is 0.455. The van der Waals surface area contributed by atoms with Gasteiger partial charge in [-0.25, -0.2) is 8.78 Å². The molecule has 0 N–H and O–H groups in total. The highest BCUT2D eigenvalue weighted by Crippen LogP contribution is 2.29. The van der Waals surface area contributed by atoms with Crippen molar-refractivity contribution in [2.75, 3.05) is 46.9 Å². The van der Waals surface area contributed by atoms with Crippen LogP contribution in [0, 0.1) is 23.3 Å². The molecule has 0 radical (unpaired) electrons. The molecule has 4 nitrogen and oxygen atoms in total. The summed E-state index contributed by atoms with van der Waals surface area (Å²) in [6.45, 7) is 4.95. The summed E-state index contributed by atoms with van der Waals surface area (Å²) < 4.78 is 64.8. The molecule has 1 saturated heterocycles. The third-order valence-corrected chi connectivity index (χ3v) is 5.32. The van der Waals surface area contributed by atoms with Crippen molar-refractivity contribution in [3.63, 3.8) is 0 Å². The highest BCUT2D eigenvalue weighted by molar-refractivity contribution is 5.38. The van der Waals surface area contributed by atoms with Crippen LogP contribution in [0.4, 0.5) is 17.6 Å². The molecule has 0 aromatic heterocycles. The fourth-order valence-corrected chi connectivity index (χ4v) is 3.51. The first-order chi connectivity index (χ1) is 14.4. The van der Waals surface area contributed by atoms with Crippen LogP contribution >= 0.6 is 0 Å². The summed E-state index contributed by atoms with van der Waals surface area (Å²) in [4.78, 5) is 4.74. The Balaban J connectivity index is 1.64. The molecule has 164 valence electrons. The predicted octanol–water partition coefficient (Wildman–Crippen LogP) is 4.01. The largest absolute Gasteiger partial charge is 0.496 e. The van der Waals surface area contributed by atoms with Gasteiger partial charge in [-0.15, -0.1) is 0 Å². The van der Waals surface area contributed by atoms with Gasteiger partial charge in [-0.1, -0.05) is 6.07 Å². The minimum absolute atomic E-state index is 0.152. The van der Waals surface area contributed by atoms with Crippen LogP contribution in [0.3, 0.4) is 0 Å². The second-order valence-corrected chi connectivity index (χ2v) is 7.48. The first kappa shape index (κ1) is 22.4. The summed E-state index contributed by atoms with van der Waals surface area (Å²) in [5, 5.41) is 0. The highest BCUT2D eigenvalue weighted by atomic mass is 19.2. The maximum absolute atomic E-state index is 13.8. The van der Waals surface area contributed by atoms with Gasteiger partial charge in [-0.2, -0.15) is 8.78 Å². The smallest absolute Gasteiger partial charge is 0.203 e. The van der Waals surface area contributed by atoms with Crippen LogP contribution in [0.25, 0.3) is 0 Å². The van der Waals surface area contributed by atoms with Gasteiger partial charge < -0.3 is 19.3 Å². The van der Waals surface area contributed by atoms with Gasteiger partial charge in [0.1, 0.15) is 12.4 Å². The molecular weight excluding hydrogens is 400 g/mol. The number of likely N-dealkylation sites (N-methyl/N-ethyl adjacent to an activating group) is 1. The lowest BCUT2D eigenvalue weighted by Crippen LogP contribution is -2.44. The van der Waals surface area contributed by atoms with E-state index in [1.54, 1.807) is 6.07 Å². The summed E-state index contributed by atoms with van der Waals surface area (Å²) in [7, 11) is 3.59. The number of methoxy groups -OCH3 is 1. The van der Waals surface area contributed by atoms with Crippen molar-refractivity contribution in [1.82, 2.24) is 9.80 Å². The quantitative estimate of drug-likeness (QED) is 0.471. The number of nitrogens with zero attached hydrogens (tertiary/aromatic N) is 2. The second kappa shape index (κ2) is 10.1. The molecule has 1 aliphatic rings.